The Balaban J connectivity index is 1.99. The van der Waals surface area contributed by atoms with Gasteiger partial charge in [0.15, 0.2) is 0 Å². The first-order valence-electron chi connectivity index (χ1n) is 8.34. The first kappa shape index (κ1) is 16.7. The summed E-state index contributed by atoms with van der Waals surface area (Å²) in [4.78, 5) is 6.62. The molecular weight excluding hydrogens is 303 g/mol. The molecule has 3 nitrogen and oxygen atoms in total. The van der Waals surface area contributed by atoms with E-state index in [1.54, 1.807) is 12.1 Å². The van der Waals surface area contributed by atoms with Crippen LogP contribution in [0.15, 0.2) is 41.4 Å². The summed E-state index contributed by atoms with van der Waals surface area (Å²) in [6.45, 7) is 5.62. The van der Waals surface area contributed by atoms with Gasteiger partial charge in [0, 0.05) is 19.2 Å². The van der Waals surface area contributed by atoms with Crippen LogP contribution >= 0.6 is 0 Å². The van der Waals surface area contributed by atoms with Crippen LogP contribution in [0.4, 0.5) is 10.1 Å². The Bertz CT molecular complexity index is 757. The Hall–Kier alpha value is -2.20. The number of halogens is 1. The summed E-state index contributed by atoms with van der Waals surface area (Å²) in [5.74, 6) is -0.223. The molecule has 0 aliphatic carbocycles. The van der Waals surface area contributed by atoms with Crippen LogP contribution in [0.25, 0.3) is 0 Å². The standard InChI is InChI=1S/C20H23FN2O/c1-4-23(3)13-22-19-12-15-9-10-24-20(17(15)11-14(19)2)16-7-5-6-8-18(16)21/h5-8,11-13,20H,4,9-10H2,1-3H3. The fraction of sp³-hybridized carbons (Fsp3) is 0.350. The number of hydrogen-bond acceptors (Lipinski definition) is 2. The van der Waals surface area contributed by atoms with Crippen molar-refractivity contribution in [2.45, 2.75) is 26.4 Å². The number of rotatable bonds is 4. The van der Waals surface area contributed by atoms with Crippen LogP contribution in [0.2, 0.25) is 0 Å². The zero-order chi connectivity index (χ0) is 17.1. The Morgan fingerprint density at radius 1 is 1.29 bits per heavy atom. The topological polar surface area (TPSA) is 24.8 Å². The van der Waals surface area contributed by atoms with E-state index in [1.165, 1.54) is 11.6 Å². The van der Waals surface area contributed by atoms with Gasteiger partial charge in [0.2, 0.25) is 0 Å². The van der Waals surface area contributed by atoms with Gasteiger partial charge in [0.05, 0.1) is 18.6 Å². The molecule has 0 aromatic heterocycles. The lowest BCUT2D eigenvalue weighted by Crippen LogP contribution is -2.18. The molecule has 0 radical (unpaired) electrons. The lowest BCUT2D eigenvalue weighted by atomic mass is 9.90. The second-order valence-electron chi connectivity index (χ2n) is 6.18. The third-order valence-corrected chi connectivity index (χ3v) is 4.48. The van der Waals surface area contributed by atoms with Crippen LogP contribution < -0.4 is 0 Å². The van der Waals surface area contributed by atoms with Crippen LogP contribution in [-0.4, -0.2) is 31.4 Å². The SMILES string of the molecule is CCN(C)C=Nc1cc2c(cc1C)C(c1ccccc1F)OCC2. The number of fused-ring (bicyclic) bond motifs is 1. The monoisotopic (exact) mass is 326 g/mol. The maximum atomic E-state index is 14.2. The molecule has 0 fully saturated rings. The second kappa shape index (κ2) is 7.14. The fourth-order valence-electron chi connectivity index (χ4n) is 2.93. The van der Waals surface area contributed by atoms with E-state index in [0.717, 1.165) is 29.8 Å². The summed E-state index contributed by atoms with van der Waals surface area (Å²) in [5.41, 5.74) is 4.86. The number of benzene rings is 2. The van der Waals surface area contributed by atoms with E-state index in [2.05, 4.69) is 24.0 Å². The zero-order valence-electron chi connectivity index (χ0n) is 14.4. The van der Waals surface area contributed by atoms with Crippen LogP contribution in [-0.2, 0) is 11.2 Å². The molecule has 24 heavy (non-hydrogen) atoms. The van der Waals surface area contributed by atoms with Gasteiger partial charge < -0.3 is 9.64 Å². The molecule has 1 unspecified atom stereocenters. The maximum absolute atomic E-state index is 14.2. The number of ether oxygens (including phenoxy) is 1. The van der Waals surface area contributed by atoms with Gasteiger partial charge in [0.25, 0.3) is 0 Å². The van der Waals surface area contributed by atoms with Crippen molar-refractivity contribution in [3.63, 3.8) is 0 Å². The van der Waals surface area contributed by atoms with Crippen molar-refractivity contribution in [3.05, 3.63) is 64.5 Å². The molecule has 0 amide bonds. The summed E-state index contributed by atoms with van der Waals surface area (Å²) >= 11 is 0. The molecule has 1 aliphatic rings. The van der Waals surface area contributed by atoms with Gasteiger partial charge in [-0.3, -0.25) is 0 Å². The number of aryl methyl sites for hydroxylation is 1. The van der Waals surface area contributed by atoms with Gasteiger partial charge in [0.1, 0.15) is 11.9 Å². The lowest BCUT2D eigenvalue weighted by Gasteiger charge is -2.27. The smallest absolute Gasteiger partial charge is 0.129 e. The molecule has 2 aromatic carbocycles. The highest BCUT2D eigenvalue weighted by molar-refractivity contribution is 5.64. The van der Waals surface area contributed by atoms with Crippen LogP contribution in [0.5, 0.6) is 0 Å². The van der Waals surface area contributed by atoms with Crippen molar-refractivity contribution in [3.8, 4) is 0 Å². The average Bonchev–Trinajstić information content (AvgIpc) is 2.59. The summed E-state index contributed by atoms with van der Waals surface area (Å²) in [6.07, 6.45) is 2.33. The maximum Gasteiger partial charge on any atom is 0.129 e. The third-order valence-electron chi connectivity index (χ3n) is 4.48. The largest absolute Gasteiger partial charge is 0.368 e. The average molecular weight is 326 g/mol. The van der Waals surface area contributed by atoms with E-state index in [9.17, 15) is 4.39 Å². The molecule has 0 spiro atoms. The fourth-order valence-corrected chi connectivity index (χ4v) is 2.93. The molecule has 0 N–H and O–H groups in total. The van der Waals surface area contributed by atoms with Crippen LogP contribution in [0.3, 0.4) is 0 Å². The first-order valence-corrected chi connectivity index (χ1v) is 8.34. The van der Waals surface area contributed by atoms with Gasteiger partial charge in [-0.25, -0.2) is 9.38 Å². The molecular formula is C20H23FN2O. The molecule has 1 heterocycles. The van der Waals surface area contributed by atoms with E-state index in [4.69, 9.17) is 4.74 Å². The van der Waals surface area contributed by atoms with E-state index in [-0.39, 0.29) is 11.9 Å². The number of aliphatic imine (C=N–C) groups is 1. The summed E-state index contributed by atoms with van der Waals surface area (Å²) in [5, 5.41) is 0. The van der Waals surface area contributed by atoms with Gasteiger partial charge in [-0.1, -0.05) is 24.3 Å². The molecule has 126 valence electrons. The van der Waals surface area contributed by atoms with Gasteiger partial charge >= 0.3 is 0 Å². The molecule has 1 atom stereocenters. The summed E-state index contributed by atoms with van der Waals surface area (Å²) < 4.78 is 20.1. The molecule has 0 saturated carbocycles. The van der Waals surface area contributed by atoms with E-state index >= 15 is 0 Å². The Kier molecular flexibility index (Phi) is 4.95. The van der Waals surface area contributed by atoms with Crippen molar-refractivity contribution in [2.24, 2.45) is 4.99 Å². The predicted octanol–water partition coefficient (Wildman–Crippen LogP) is 4.41. The minimum atomic E-state index is -0.343. The van der Waals surface area contributed by atoms with Crippen LogP contribution in [0, 0.1) is 12.7 Å². The van der Waals surface area contributed by atoms with Crippen LogP contribution in [0.1, 0.15) is 35.3 Å². The Morgan fingerprint density at radius 2 is 2.08 bits per heavy atom. The van der Waals surface area contributed by atoms with E-state index in [1.807, 2.05) is 31.3 Å². The minimum absolute atomic E-state index is 0.223. The normalized spacial score (nSPS) is 17.1. The lowest BCUT2D eigenvalue weighted by molar-refractivity contribution is 0.0674. The molecule has 1 aliphatic heterocycles. The van der Waals surface area contributed by atoms with Gasteiger partial charge in [-0.05, 0) is 49.1 Å². The highest BCUT2D eigenvalue weighted by Crippen LogP contribution is 2.37. The molecule has 2 aromatic rings. The highest BCUT2D eigenvalue weighted by Gasteiger charge is 2.25. The summed E-state index contributed by atoms with van der Waals surface area (Å²) in [7, 11) is 2.00. The van der Waals surface area contributed by atoms with Gasteiger partial charge in [-0.15, -0.1) is 0 Å². The molecule has 3 rings (SSSR count). The molecule has 4 heteroatoms. The molecule has 0 saturated heterocycles. The predicted molar refractivity (Wildman–Crippen MR) is 95.5 cm³/mol. The van der Waals surface area contributed by atoms with E-state index < -0.39 is 0 Å². The molecule has 0 bridgehead atoms. The highest BCUT2D eigenvalue weighted by atomic mass is 19.1. The number of hydrogen-bond donors (Lipinski definition) is 0. The second-order valence-corrected chi connectivity index (χ2v) is 6.18. The van der Waals surface area contributed by atoms with Crippen molar-refractivity contribution in [1.82, 2.24) is 4.90 Å². The Morgan fingerprint density at radius 3 is 2.83 bits per heavy atom. The first-order chi connectivity index (χ1) is 11.6. The van der Waals surface area contributed by atoms with Crippen molar-refractivity contribution in [2.75, 3.05) is 20.2 Å². The Labute approximate surface area is 142 Å². The summed E-state index contributed by atoms with van der Waals surface area (Å²) in [6, 6.07) is 11.0. The third kappa shape index (κ3) is 3.34. The van der Waals surface area contributed by atoms with E-state index in [0.29, 0.717) is 12.2 Å². The zero-order valence-corrected chi connectivity index (χ0v) is 14.4. The minimum Gasteiger partial charge on any atom is -0.368 e. The number of nitrogens with zero attached hydrogens (tertiary/aromatic N) is 2. The van der Waals surface area contributed by atoms with Crippen molar-refractivity contribution < 1.29 is 9.13 Å². The quantitative estimate of drug-likeness (QED) is 0.614. The van der Waals surface area contributed by atoms with Crippen molar-refractivity contribution >= 4 is 12.0 Å². The van der Waals surface area contributed by atoms with Gasteiger partial charge in [-0.2, -0.15) is 0 Å². The van der Waals surface area contributed by atoms with Crippen molar-refractivity contribution in [1.29, 1.82) is 0 Å².